The van der Waals surface area contributed by atoms with E-state index in [4.69, 9.17) is 27.9 Å². The maximum atomic E-state index is 13.1. The third kappa shape index (κ3) is 4.63. The number of carbonyl (C=O) groups excluding carboxylic acids is 2. The van der Waals surface area contributed by atoms with Gasteiger partial charge in [0.1, 0.15) is 5.76 Å². The van der Waals surface area contributed by atoms with E-state index in [9.17, 15) is 14.7 Å². The summed E-state index contributed by atoms with van der Waals surface area (Å²) in [5, 5.41) is 11.5. The summed E-state index contributed by atoms with van der Waals surface area (Å²) in [5.74, 6) is -1.43. The first-order valence-corrected chi connectivity index (χ1v) is 11.2. The van der Waals surface area contributed by atoms with Gasteiger partial charge in [-0.3, -0.25) is 9.59 Å². The first-order chi connectivity index (χ1) is 15.3. The minimum Gasteiger partial charge on any atom is -0.507 e. The van der Waals surface area contributed by atoms with Gasteiger partial charge in [0.2, 0.25) is 0 Å². The fraction of sp³-hybridized carbons (Fsp3) is 0.333. The molecule has 8 heteroatoms. The molecule has 0 aliphatic carbocycles. The molecule has 1 heterocycles. The van der Waals surface area contributed by atoms with Gasteiger partial charge in [-0.1, -0.05) is 67.4 Å². The van der Waals surface area contributed by atoms with Gasteiger partial charge >= 0.3 is 0 Å². The molecule has 0 spiro atoms. The Kier molecular flexibility index (Phi) is 7.82. The van der Waals surface area contributed by atoms with Crippen LogP contribution in [0, 0.1) is 0 Å². The lowest BCUT2D eigenvalue weighted by atomic mass is 9.95. The van der Waals surface area contributed by atoms with Crippen molar-refractivity contribution in [2.45, 2.75) is 19.9 Å². The Morgan fingerprint density at radius 1 is 1.09 bits per heavy atom. The summed E-state index contributed by atoms with van der Waals surface area (Å²) in [5.41, 5.74) is 0.986. The largest absolute Gasteiger partial charge is 0.507 e. The number of methoxy groups -OCH3 is 1. The number of nitrogens with zero attached hydrogens (tertiary/aromatic N) is 2. The highest BCUT2D eigenvalue weighted by Gasteiger charge is 2.46. The minimum absolute atomic E-state index is 0.0121. The van der Waals surface area contributed by atoms with E-state index in [1.807, 2.05) is 44.2 Å². The summed E-state index contributed by atoms with van der Waals surface area (Å²) < 4.78 is 5.16. The van der Waals surface area contributed by atoms with Crippen molar-refractivity contribution in [3.8, 4) is 5.75 Å². The molecular weight excluding hydrogens is 451 g/mol. The summed E-state index contributed by atoms with van der Waals surface area (Å²) in [6.07, 6.45) is 0. The second kappa shape index (κ2) is 10.4. The van der Waals surface area contributed by atoms with E-state index in [-0.39, 0.29) is 32.7 Å². The Balaban J connectivity index is 2.12. The van der Waals surface area contributed by atoms with Crippen LogP contribution in [0.15, 0.2) is 48.0 Å². The number of ether oxygens (including phenoxy) is 1. The van der Waals surface area contributed by atoms with Crippen LogP contribution in [0.3, 0.4) is 0 Å². The van der Waals surface area contributed by atoms with E-state index in [2.05, 4.69) is 4.90 Å². The van der Waals surface area contributed by atoms with E-state index in [1.165, 1.54) is 24.1 Å². The average molecular weight is 477 g/mol. The van der Waals surface area contributed by atoms with Crippen molar-refractivity contribution in [3.63, 3.8) is 0 Å². The van der Waals surface area contributed by atoms with Gasteiger partial charge in [0, 0.05) is 18.7 Å². The maximum absolute atomic E-state index is 13.1. The number of rotatable bonds is 8. The van der Waals surface area contributed by atoms with Gasteiger partial charge in [-0.2, -0.15) is 0 Å². The van der Waals surface area contributed by atoms with Gasteiger partial charge in [0.15, 0.2) is 5.75 Å². The molecule has 1 N–H and O–H groups in total. The number of aliphatic hydroxyl groups is 1. The second-order valence-electron chi connectivity index (χ2n) is 7.40. The van der Waals surface area contributed by atoms with Gasteiger partial charge in [-0.05, 0) is 30.8 Å². The van der Waals surface area contributed by atoms with Gasteiger partial charge in [0.25, 0.3) is 11.7 Å². The molecule has 1 saturated heterocycles. The Morgan fingerprint density at radius 3 is 2.22 bits per heavy atom. The molecule has 170 valence electrons. The van der Waals surface area contributed by atoms with Gasteiger partial charge in [-0.25, -0.2) is 0 Å². The van der Waals surface area contributed by atoms with Crippen LogP contribution in [0.1, 0.15) is 31.0 Å². The van der Waals surface area contributed by atoms with E-state index >= 15 is 0 Å². The van der Waals surface area contributed by atoms with Crippen molar-refractivity contribution in [3.05, 3.63) is 69.2 Å². The van der Waals surface area contributed by atoms with Crippen LogP contribution < -0.4 is 4.74 Å². The van der Waals surface area contributed by atoms with Crippen LogP contribution in [0.2, 0.25) is 10.0 Å². The molecule has 1 unspecified atom stereocenters. The van der Waals surface area contributed by atoms with Crippen molar-refractivity contribution in [2.75, 3.05) is 33.3 Å². The van der Waals surface area contributed by atoms with Crippen LogP contribution >= 0.6 is 23.2 Å². The van der Waals surface area contributed by atoms with Crippen molar-refractivity contribution >= 4 is 40.7 Å². The molecule has 3 rings (SSSR count). The normalized spacial score (nSPS) is 17.9. The summed E-state index contributed by atoms with van der Waals surface area (Å²) in [6, 6.07) is 11.4. The molecule has 2 aromatic rings. The molecule has 1 aliphatic rings. The second-order valence-corrected chi connectivity index (χ2v) is 8.22. The standard InChI is InChI=1S/C24H26Cl2N2O4/c1-4-27(5-2)11-12-28-20(15-9-7-6-8-10-15)19(22(30)24(28)31)21(29)16-13-17(25)23(32-3)18(26)14-16/h6-10,13-14,20,29H,4-5,11-12H2,1-3H3/b21-19+. The van der Waals surface area contributed by atoms with Crippen molar-refractivity contribution in [1.82, 2.24) is 9.80 Å². The quantitative estimate of drug-likeness (QED) is 0.337. The molecule has 1 atom stereocenters. The summed E-state index contributed by atoms with van der Waals surface area (Å²) in [7, 11) is 1.43. The Hall–Kier alpha value is -2.54. The predicted octanol–water partition coefficient (Wildman–Crippen LogP) is 4.77. The number of likely N-dealkylation sites (N-methyl/N-ethyl adjacent to an activating group) is 1. The van der Waals surface area contributed by atoms with Crippen molar-refractivity contribution in [1.29, 1.82) is 0 Å². The van der Waals surface area contributed by atoms with Gasteiger partial charge < -0.3 is 19.6 Å². The monoisotopic (exact) mass is 476 g/mol. The molecule has 0 saturated carbocycles. The van der Waals surface area contributed by atoms with E-state index in [0.717, 1.165) is 18.7 Å². The molecule has 0 bridgehead atoms. The van der Waals surface area contributed by atoms with Crippen LogP contribution in [0.4, 0.5) is 0 Å². The summed E-state index contributed by atoms with van der Waals surface area (Å²) >= 11 is 12.5. The fourth-order valence-electron chi connectivity index (χ4n) is 3.93. The zero-order valence-corrected chi connectivity index (χ0v) is 19.8. The lowest BCUT2D eigenvalue weighted by Gasteiger charge is -2.28. The maximum Gasteiger partial charge on any atom is 0.295 e. The number of aliphatic hydroxyl groups excluding tert-OH is 1. The summed E-state index contributed by atoms with van der Waals surface area (Å²) in [4.78, 5) is 29.8. The molecule has 0 aromatic heterocycles. The highest BCUT2D eigenvalue weighted by atomic mass is 35.5. The van der Waals surface area contributed by atoms with E-state index in [0.29, 0.717) is 13.1 Å². The zero-order valence-electron chi connectivity index (χ0n) is 18.3. The molecule has 2 aromatic carbocycles. The topological polar surface area (TPSA) is 70.1 Å². The Morgan fingerprint density at radius 2 is 1.69 bits per heavy atom. The SMILES string of the molecule is CCN(CC)CCN1C(=O)C(=O)/C(=C(/O)c2cc(Cl)c(OC)c(Cl)c2)C1c1ccccc1. The number of carbonyl (C=O) groups is 2. The lowest BCUT2D eigenvalue weighted by Crippen LogP contribution is -2.38. The third-order valence-electron chi connectivity index (χ3n) is 5.68. The predicted molar refractivity (Wildman–Crippen MR) is 126 cm³/mol. The summed E-state index contributed by atoms with van der Waals surface area (Å²) in [6.45, 7) is 6.72. The molecule has 0 radical (unpaired) electrons. The number of hydrogen-bond acceptors (Lipinski definition) is 5. The molecule has 1 fully saturated rings. The number of ketones is 1. The smallest absolute Gasteiger partial charge is 0.295 e. The molecule has 1 aliphatic heterocycles. The number of likely N-dealkylation sites (tertiary alicyclic amines) is 1. The van der Waals surface area contributed by atoms with Gasteiger partial charge in [-0.15, -0.1) is 0 Å². The van der Waals surface area contributed by atoms with Crippen LogP contribution in [-0.2, 0) is 9.59 Å². The highest BCUT2D eigenvalue weighted by Crippen LogP contribution is 2.41. The third-order valence-corrected chi connectivity index (χ3v) is 6.24. The lowest BCUT2D eigenvalue weighted by molar-refractivity contribution is -0.140. The molecule has 32 heavy (non-hydrogen) atoms. The first kappa shape index (κ1) is 24.1. The van der Waals surface area contributed by atoms with Crippen molar-refractivity contribution < 1.29 is 19.4 Å². The molecule has 1 amide bonds. The first-order valence-electron chi connectivity index (χ1n) is 10.4. The number of Topliss-reactive ketones (excluding diaryl/α,β-unsaturated/α-hetero) is 1. The molecular formula is C24H26Cl2N2O4. The number of amides is 1. The number of halogens is 2. The number of hydrogen-bond donors (Lipinski definition) is 1. The van der Waals surface area contributed by atoms with Crippen molar-refractivity contribution in [2.24, 2.45) is 0 Å². The van der Waals surface area contributed by atoms with Gasteiger partial charge in [0.05, 0.1) is 28.8 Å². The fourth-order valence-corrected chi connectivity index (χ4v) is 4.57. The van der Waals surface area contributed by atoms with Crippen LogP contribution in [0.25, 0.3) is 5.76 Å². The number of benzene rings is 2. The van der Waals surface area contributed by atoms with E-state index in [1.54, 1.807) is 0 Å². The highest BCUT2D eigenvalue weighted by molar-refractivity contribution is 6.46. The Labute approximate surface area is 198 Å². The Bertz CT molecular complexity index is 1010. The molecule has 6 nitrogen and oxygen atoms in total. The zero-order chi connectivity index (χ0) is 23.4. The average Bonchev–Trinajstić information content (AvgIpc) is 3.04. The minimum atomic E-state index is -0.737. The van der Waals surface area contributed by atoms with E-state index < -0.39 is 17.7 Å². The van der Waals surface area contributed by atoms with Crippen LogP contribution in [-0.4, -0.2) is 59.9 Å². The van der Waals surface area contributed by atoms with Crippen LogP contribution in [0.5, 0.6) is 5.75 Å².